The molecule has 4 rings (SSSR count). The molecule has 1 aromatic rings. The first kappa shape index (κ1) is 15.2. The largest absolute Gasteiger partial charge is 0.427 e. The minimum atomic E-state index is -3.04. The van der Waals surface area contributed by atoms with E-state index in [0.717, 1.165) is 6.42 Å². The summed E-state index contributed by atoms with van der Waals surface area (Å²) < 4.78 is 29.3. The van der Waals surface area contributed by atoms with Crippen molar-refractivity contribution in [3.05, 3.63) is 16.6 Å². The molecule has 0 amide bonds. The van der Waals surface area contributed by atoms with Crippen molar-refractivity contribution in [1.29, 1.82) is 0 Å². The molecule has 7 heteroatoms. The van der Waals surface area contributed by atoms with E-state index in [2.05, 4.69) is 41.0 Å². The summed E-state index contributed by atoms with van der Waals surface area (Å²) in [5, 5.41) is 9.00. The summed E-state index contributed by atoms with van der Waals surface area (Å²) >= 11 is 0. The number of nitrogens with zero attached hydrogens (tertiary/aromatic N) is 1. The number of aromatic nitrogens is 2. The van der Waals surface area contributed by atoms with Gasteiger partial charge in [-0.2, -0.15) is 13.9 Å². The molecule has 3 saturated carbocycles. The number of aromatic amines is 1. The monoisotopic (exact) mass is 313 g/mol. The van der Waals surface area contributed by atoms with E-state index in [4.69, 9.17) is 0 Å². The number of alkyl halides is 2. The number of rotatable bonds is 4. The van der Waals surface area contributed by atoms with Crippen LogP contribution in [0.1, 0.15) is 33.6 Å². The van der Waals surface area contributed by atoms with Crippen LogP contribution >= 0.6 is 0 Å². The zero-order valence-corrected chi connectivity index (χ0v) is 12.9. The maximum Gasteiger partial charge on any atom is 0.387 e. The van der Waals surface area contributed by atoms with Crippen molar-refractivity contribution in [3.63, 3.8) is 0 Å². The summed E-state index contributed by atoms with van der Waals surface area (Å²) in [6.45, 7) is 3.71. The number of halogens is 2. The molecule has 3 fully saturated rings. The predicted octanol–water partition coefficient (Wildman–Crippen LogP) is 2.85. The van der Waals surface area contributed by atoms with Gasteiger partial charge in [-0.25, -0.2) is 5.10 Å². The lowest BCUT2D eigenvalue weighted by molar-refractivity contribution is -0.105. The Morgan fingerprint density at radius 3 is 2.77 bits per heavy atom. The molecule has 0 radical (unpaired) electrons. The molecule has 3 aliphatic carbocycles. The van der Waals surface area contributed by atoms with Crippen LogP contribution in [0.15, 0.2) is 11.0 Å². The van der Waals surface area contributed by atoms with Gasteiger partial charge in [0.25, 0.3) is 0 Å². The Kier molecular flexibility index (Phi) is 3.61. The molecule has 3 aliphatic rings. The predicted molar refractivity (Wildman–Crippen MR) is 78.1 cm³/mol. The summed E-state index contributed by atoms with van der Waals surface area (Å²) in [6, 6.07) is 0.139. The highest BCUT2D eigenvalue weighted by Crippen LogP contribution is 2.61. The minimum absolute atomic E-state index is 0.139. The summed E-state index contributed by atoms with van der Waals surface area (Å²) in [5.74, 6) is 1.24. The van der Waals surface area contributed by atoms with Gasteiger partial charge in [0.1, 0.15) is 5.69 Å². The Hall–Kier alpha value is -1.66. The van der Waals surface area contributed by atoms with E-state index in [1.54, 1.807) is 0 Å². The molecule has 0 aromatic carbocycles. The average molecular weight is 313 g/mol. The highest BCUT2D eigenvalue weighted by molar-refractivity contribution is 5.54. The number of fused-ring (bicyclic) bond motifs is 2. The molecule has 0 spiro atoms. The van der Waals surface area contributed by atoms with Crippen LogP contribution in [-0.4, -0.2) is 22.9 Å². The lowest BCUT2D eigenvalue weighted by atomic mass is 9.45. The van der Waals surface area contributed by atoms with Gasteiger partial charge in [0.2, 0.25) is 5.75 Å². The van der Waals surface area contributed by atoms with Crippen LogP contribution in [0.2, 0.25) is 0 Å². The molecular weight excluding hydrogens is 292 g/mol. The van der Waals surface area contributed by atoms with Crippen LogP contribution in [0.3, 0.4) is 0 Å². The van der Waals surface area contributed by atoms with Gasteiger partial charge in [-0.3, -0.25) is 4.79 Å². The van der Waals surface area contributed by atoms with Crippen LogP contribution < -0.4 is 15.6 Å². The number of nitrogens with one attached hydrogen (secondary N) is 2. The first-order valence-corrected chi connectivity index (χ1v) is 7.59. The van der Waals surface area contributed by atoms with Gasteiger partial charge in [0.15, 0.2) is 0 Å². The quantitative estimate of drug-likeness (QED) is 0.897. The second kappa shape index (κ2) is 5.21. The van der Waals surface area contributed by atoms with E-state index in [9.17, 15) is 13.6 Å². The third kappa shape index (κ3) is 2.36. The normalized spacial score (nSPS) is 32.5. The highest BCUT2D eigenvalue weighted by atomic mass is 19.3. The topological polar surface area (TPSA) is 67.0 Å². The lowest BCUT2D eigenvalue weighted by Gasteiger charge is -2.62. The third-order valence-corrected chi connectivity index (χ3v) is 5.71. The second-order valence-corrected chi connectivity index (χ2v) is 7.03. The van der Waals surface area contributed by atoms with Crippen LogP contribution in [0.25, 0.3) is 0 Å². The van der Waals surface area contributed by atoms with E-state index in [0.29, 0.717) is 23.2 Å². The van der Waals surface area contributed by atoms with Gasteiger partial charge < -0.3 is 10.1 Å². The molecule has 122 valence electrons. The zero-order valence-electron chi connectivity index (χ0n) is 12.9. The molecule has 1 heterocycles. The van der Waals surface area contributed by atoms with Crippen LogP contribution in [0, 0.1) is 23.2 Å². The number of ether oxygens (including phenoxy) is 1. The second-order valence-electron chi connectivity index (χ2n) is 7.03. The minimum Gasteiger partial charge on any atom is -0.427 e. The molecule has 1 unspecified atom stereocenters. The summed E-state index contributed by atoms with van der Waals surface area (Å²) in [7, 11) is 0. The van der Waals surface area contributed by atoms with Crippen molar-refractivity contribution >= 4 is 5.69 Å². The fourth-order valence-electron chi connectivity index (χ4n) is 4.24. The molecule has 1 aromatic heterocycles. The van der Waals surface area contributed by atoms with Gasteiger partial charge in [0.05, 0.1) is 6.20 Å². The molecule has 0 saturated heterocycles. The average Bonchev–Trinajstić information content (AvgIpc) is 2.43. The first-order chi connectivity index (χ1) is 10.3. The Morgan fingerprint density at radius 1 is 1.45 bits per heavy atom. The van der Waals surface area contributed by atoms with Crippen molar-refractivity contribution < 1.29 is 13.5 Å². The fraction of sp³-hybridized carbons (Fsp3) is 0.733. The molecule has 2 bridgehead atoms. The van der Waals surface area contributed by atoms with E-state index < -0.39 is 17.9 Å². The molecule has 5 nitrogen and oxygen atoms in total. The van der Waals surface area contributed by atoms with E-state index in [-0.39, 0.29) is 11.7 Å². The Bertz CT molecular complexity index is 617. The SMILES string of the molecule is C[C@H]1C(Nc2cn[nH]c(=O)c2OC(F)F)C[C@@H]2C[C@H]1C2(C)C. The molecule has 0 aliphatic heterocycles. The van der Waals surface area contributed by atoms with Crippen LogP contribution in [-0.2, 0) is 0 Å². The first-order valence-electron chi connectivity index (χ1n) is 7.59. The summed E-state index contributed by atoms with van der Waals surface area (Å²) in [5.41, 5.74) is -0.175. The van der Waals surface area contributed by atoms with Gasteiger partial charge in [-0.15, -0.1) is 0 Å². The number of anilines is 1. The molecule has 4 atom stereocenters. The maximum absolute atomic E-state index is 12.5. The van der Waals surface area contributed by atoms with Crippen molar-refractivity contribution in [2.75, 3.05) is 5.32 Å². The molecular formula is C15H21F2N3O2. The van der Waals surface area contributed by atoms with Crippen molar-refractivity contribution in [2.45, 2.75) is 46.3 Å². The number of hydrogen-bond acceptors (Lipinski definition) is 4. The van der Waals surface area contributed by atoms with Gasteiger partial charge in [-0.05, 0) is 36.0 Å². The number of H-pyrrole nitrogens is 1. The molecule has 22 heavy (non-hydrogen) atoms. The van der Waals surface area contributed by atoms with Crippen LogP contribution in [0.5, 0.6) is 5.75 Å². The maximum atomic E-state index is 12.5. The Morgan fingerprint density at radius 2 is 2.18 bits per heavy atom. The third-order valence-electron chi connectivity index (χ3n) is 5.71. The number of hydrogen-bond donors (Lipinski definition) is 2. The van der Waals surface area contributed by atoms with Crippen LogP contribution in [0.4, 0.5) is 14.5 Å². The van der Waals surface area contributed by atoms with Crippen molar-refractivity contribution in [1.82, 2.24) is 10.2 Å². The van der Waals surface area contributed by atoms with E-state index in [1.807, 2.05) is 0 Å². The smallest absolute Gasteiger partial charge is 0.387 e. The zero-order chi connectivity index (χ0) is 16.1. The summed E-state index contributed by atoms with van der Waals surface area (Å²) in [4.78, 5) is 11.7. The Balaban J connectivity index is 1.80. The van der Waals surface area contributed by atoms with Crippen molar-refractivity contribution in [3.8, 4) is 5.75 Å². The van der Waals surface area contributed by atoms with Gasteiger partial charge >= 0.3 is 12.2 Å². The fourth-order valence-corrected chi connectivity index (χ4v) is 4.24. The van der Waals surface area contributed by atoms with E-state index >= 15 is 0 Å². The Labute approximate surface area is 127 Å². The summed E-state index contributed by atoms with van der Waals surface area (Å²) in [6.07, 6.45) is 3.52. The van der Waals surface area contributed by atoms with Gasteiger partial charge in [-0.1, -0.05) is 20.8 Å². The van der Waals surface area contributed by atoms with Gasteiger partial charge in [0, 0.05) is 6.04 Å². The highest BCUT2D eigenvalue weighted by Gasteiger charge is 2.56. The van der Waals surface area contributed by atoms with Crippen molar-refractivity contribution in [2.24, 2.45) is 23.2 Å². The lowest BCUT2D eigenvalue weighted by Crippen LogP contribution is -2.58. The standard InChI is InChI=1S/C15H21F2N3O2/c1-7-9-4-8(15(9,2)3)5-10(7)19-11-6-18-20-13(21)12(11)22-14(16)17/h6-10,14H,4-5H2,1-3H3,(H2,19,20,21)/t7-,8+,9-,10?/m1/s1. The van der Waals surface area contributed by atoms with E-state index in [1.165, 1.54) is 12.6 Å². The molecule has 2 N–H and O–H groups in total.